The van der Waals surface area contributed by atoms with E-state index in [4.69, 9.17) is 0 Å². The minimum atomic E-state index is -3.54. The van der Waals surface area contributed by atoms with Gasteiger partial charge in [0.05, 0.1) is 11.9 Å². The number of hydrogen-bond donors (Lipinski definition) is 0. The molecule has 1 fully saturated rings. The van der Waals surface area contributed by atoms with E-state index in [2.05, 4.69) is 6.92 Å². The summed E-state index contributed by atoms with van der Waals surface area (Å²) in [7, 11) is -3.54. The largest absolute Gasteiger partial charge is 0.341 e. The number of hydrogen-bond acceptors (Lipinski definition) is 3. The number of nitrogens with zero attached hydrogens (tertiary/aromatic N) is 2. The summed E-state index contributed by atoms with van der Waals surface area (Å²) in [4.78, 5) is 14.5. The molecular formula is C18H28N2O3S. The average Bonchev–Trinajstić information content (AvgIpc) is 2.51. The predicted octanol–water partition coefficient (Wildman–Crippen LogP) is 2.83. The Morgan fingerprint density at radius 2 is 2.00 bits per heavy atom. The third kappa shape index (κ3) is 4.50. The van der Waals surface area contributed by atoms with Crippen LogP contribution in [0.1, 0.15) is 45.1 Å². The molecule has 1 aromatic carbocycles. The van der Waals surface area contributed by atoms with Gasteiger partial charge in [-0.1, -0.05) is 39.0 Å². The first-order valence-electron chi connectivity index (χ1n) is 8.54. The van der Waals surface area contributed by atoms with Gasteiger partial charge >= 0.3 is 0 Å². The first kappa shape index (κ1) is 18.8. The van der Waals surface area contributed by atoms with Crippen molar-refractivity contribution in [2.24, 2.45) is 5.92 Å². The molecule has 2 rings (SSSR count). The second-order valence-corrected chi connectivity index (χ2v) is 8.98. The quantitative estimate of drug-likeness (QED) is 0.819. The van der Waals surface area contributed by atoms with Crippen LogP contribution in [-0.2, 0) is 14.8 Å². The van der Waals surface area contributed by atoms with E-state index in [9.17, 15) is 13.2 Å². The summed E-state index contributed by atoms with van der Waals surface area (Å²) in [5.74, 6) is 0.526. The molecule has 1 unspecified atom stereocenters. The van der Waals surface area contributed by atoms with E-state index in [1.807, 2.05) is 32.0 Å². The summed E-state index contributed by atoms with van der Waals surface area (Å²) in [6.45, 7) is 7.47. The highest BCUT2D eigenvalue weighted by Gasteiger charge is 2.28. The van der Waals surface area contributed by atoms with E-state index in [-0.39, 0.29) is 18.4 Å². The van der Waals surface area contributed by atoms with Crippen LogP contribution in [0.15, 0.2) is 24.3 Å². The lowest BCUT2D eigenvalue weighted by Gasteiger charge is -2.33. The second-order valence-electron chi connectivity index (χ2n) is 7.07. The fraction of sp³-hybridized carbons (Fsp3) is 0.611. The van der Waals surface area contributed by atoms with Crippen LogP contribution in [-0.4, -0.2) is 45.1 Å². The maximum atomic E-state index is 12.7. The number of amides is 1. The molecule has 24 heavy (non-hydrogen) atoms. The fourth-order valence-electron chi connectivity index (χ4n) is 3.22. The molecule has 0 aromatic heterocycles. The van der Waals surface area contributed by atoms with Gasteiger partial charge in [-0.15, -0.1) is 0 Å². The van der Waals surface area contributed by atoms with Gasteiger partial charge in [-0.25, -0.2) is 8.42 Å². The number of anilines is 1. The topological polar surface area (TPSA) is 57.7 Å². The maximum Gasteiger partial charge on any atom is 0.243 e. The predicted molar refractivity (Wildman–Crippen MR) is 97.7 cm³/mol. The zero-order valence-electron chi connectivity index (χ0n) is 15.0. The molecule has 6 heteroatoms. The number of para-hydroxylation sites is 1. The van der Waals surface area contributed by atoms with Gasteiger partial charge in [0, 0.05) is 13.1 Å². The first-order chi connectivity index (χ1) is 11.2. The van der Waals surface area contributed by atoms with Crippen LogP contribution < -0.4 is 4.31 Å². The third-order valence-corrected chi connectivity index (χ3v) is 5.64. The minimum Gasteiger partial charge on any atom is -0.341 e. The van der Waals surface area contributed by atoms with Crippen molar-refractivity contribution in [2.45, 2.75) is 39.5 Å². The van der Waals surface area contributed by atoms with E-state index in [1.54, 1.807) is 11.0 Å². The molecule has 0 bridgehead atoms. The molecule has 1 aliphatic rings. The maximum absolute atomic E-state index is 12.7. The molecule has 0 spiro atoms. The smallest absolute Gasteiger partial charge is 0.243 e. The highest BCUT2D eigenvalue weighted by Crippen LogP contribution is 2.29. The standard InChI is InChI=1S/C18H28N2O3S/c1-14(2)16-9-5-6-10-17(16)20(24(4,22)23)13-18(21)19-11-7-8-15(3)12-19/h5-6,9-10,14-15H,7-8,11-13H2,1-4H3. The lowest BCUT2D eigenvalue weighted by atomic mass is 10.00. The average molecular weight is 353 g/mol. The number of likely N-dealkylation sites (tertiary alicyclic amines) is 1. The Hall–Kier alpha value is -1.56. The number of carbonyl (C=O) groups excluding carboxylic acids is 1. The molecule has 1 atom stereocenters. The highest BCUT2D eigenvalue weighted by atomic mass is 32.2. The van der Waals surface area contributed by atoms with Gasteiger partial charge in [-0.05, 0) is 36.3 Å². The van der Waals surface area contributed by atoms with Gasteiger partial charge in [0.1, 0.15) is 6.54 Å². The van der Waals surface area contributed by atoms with Crippen LogP contribution in [0.25, 0.3) is 0 Å². The molecule has 5 nitrogen and oxygen atoms in total. The van der Waals surface area contributed by atoms with Crippen LogP contribution in [0, 0.1) is 5.92 Å². The Bertz CT molecular complexity index is 685. The molecule has 1 aromatic rings. The summed E-state index contributed by atoms with van der Waals surface area (Å²) in [5.41, 5.74) is 1.54. The Balaban J connectivity index is 2.29. The van der Waals surface area contributed by atoms with Gasteiger partial charge in [-0.2, -0.15) is 0 Å². The van der Waals surface area contributed by atoms with Gasteiger partial charge in [0.2, 0.25) is 15.9 Å². The molecule has 0 saturated carbocycles. The van der Waals surface area contributed by atoms with E-state index >= 15 is 0 Å². The second kappa shape index (κ2) is 7.55. The Kier molecular flexibility index (Phi) is 5.91. The third-order valence-electron chi connectivity index (χ3n) is 4.52. The van der Waals surface area contributed by atoms with Crippen LogP contribution in [0.2, 0.25) is 0 Å². The Morgan fingerprint density at radius 1 is 1.33 bits per heavy atom. The molecule has 1 aliphatic heterocycles. The van der Waals surface area contributed by atoms with Gasteiger partial charge in [-0.3, -0.25) is 9.10 Å². The number of sulfonamides is 1. The van der Waals surface area contributed by atoms with Crippen LogP contribution >= 0.6 is 0 Å². The summed E-state index contributed by atoms with van der Waals surface area (Å²) in [6, 6.07) is 7.41. The Morgan fingerprint density at radius 3 is 2.58 bits per heavy atom. The van der Waals surface area contributed by atoms with Crippen molar-refractivity contribution in [1.82, 2.24) is 4.90 Å². The monoisotopic (exact) mass is 352 g/mol. The van der Waals surface area contributed by atoms with Crippen LogP contribution in [0.3, 0.4) is 0 Å². The highest BCUT2D eigenvalue weighted by molar-refractivity contribution is 7.92. The van der Waals surface area contributed by atoms with Crippen molar-refractivity contribution in [3.8, 4) is 0 Å². The first-order valence-corrected chi connectivity index (χ1v) is 10.4. The van der Waals surface area contributed by atoms with Crippen molar-refractivity contribution in [1.29, 1.82) is 0 Å². The number of benzene rings is 1. The molecule has 1 amide bonds. The molecule has 1 heterocycles. The number of carbonyl (C=O) groups is 1. The van der Waals surface area contributed by atoms with Gasteiger partial charge < -0.3 is 4.90 Å². The minimum absolute atomic E-state index is 0.120. The molecule has 0 aliphatic carbocycles. The molecule has 0 N–H and O–H groups in total. The van der Waals surface area contributed by atoms with E-state index < -0.39 is 10.0 Å². The number of rotatable bonds is 5. The van der Waals surface area contributed by atoms with Gasteiger partial charge in [0.25, 0.3) is 0 Å². The van der Waals surface area contributed by atoms with Crippen molar-refractivity contribution in [2.75, 3.05) is 30.2 Å². The van der Waals surface area contributed by atoms with Crippen LogP contribution in [0.4, 0.5) is 5.69 Å². The molecule has 134 valence electrons. The number of piperidine rings is 1. The SMILES string of the molecule is CC1CCCN(C(=O)CN(c2ccccc2C(C)C)S(C)(=O)=O)C1. The van der Waals surface area contributed by atoms with Crippen molar-refractivity contribution >= 4 is 21.6 Å². The normalized spacial score (nSPS) is 18.7. The summed E-state index contributed by atoms with van der Waals surface area (Å²) >= 11 is 0. The molecule has 1 saturated heterocycles. The van der Waals surface area contributed by atoms with Crippen molar-refractivity contribution < 1.29 is 13.2 Å². The van der Waals surface area contributed by atoms with E-state index in [0.29, 0.717) is 24.7 Å². The Labute approximate surface area is 145 Å². The van der Waals surface area contributed by atoms with E-state index in [0.717, 1.165) is 24.7 Å². The fourth-order valence-corrected chi connectivity index (χ4v) is 4.09. The van der Waals surface area contributed by atoms with Gasteiger partial charge in [0.15, 0.2) is 0 Å². The zero-order valence-corrected chi connectivity index (χ0v) is 15.8. The summed E-state index contributed by atoms with van der Waals surface area (Å²) < 4.78 is 25.9. The summed E-state index contributed by atoms with van der Waals surface area (Å²) in [6.07, 6.45) is 3.26. The lowest BCUT2D eigenvalue weighted by molar-refractivity contribution is -0.131. The lowest BCUT2D eigenvalue weighted by Crippen LogP contribution is -2.46. The summed E-state index contributed by atoms with van der Waals surface area (Å²) in [5, 5.41) is 0. The zero-order chi connectivity index (χ0) is 17.9. The molecular weight excluding hydrogens is 324 g/mol. The van der Waals surface area contributed by atoms with E-state index in [1.165, 1.54) is 4.31 Å². The van der Waals surface area contributed by atoms with Crippen molar-refractivity contribution in [3.63, 3.8) is 0 Å². The van der Waals surface area contributed by atoms with Crippen molar-refractivity contribution in [3.05, 3.63) is 29.8 Å². The molecule has 0 radical (unpaired) electrons. The van der Waals surface area contributed by atoms with Crippen LogP contribution in [0.5, 0.6) is 0 Å².